The van der Waals surface area contributed by atoms with E-state index in [9.17, 15) is 28.4 Å². The molecule has 0 radical (unpaired) electrons. The summed E-state index contributed by atoms with van der Waals surface area (Å²) in [6.07, 6.45) is 1.87. The summed E-state index contributed by atoms with van der Waals surface area (Å²) < 4.78 is 33.2. The van der Waals surface area contributed by atoms with Crippen molar-refractivity contribution < 1.29 is 28.0 Å². The second-order valence-corrected chi connectivity index (χ2v) is 9.80. The standard InChI is InChI=1S/C24H24N4O7S/c1-35-18-7-5-17(6-8-18)26-36(33,34)19-9-11-23(29)20(15-19)25-24(30)16-4-10-21(22(14-16)28(31)32)27-12-2-3-13-27/h4-11,14-15,26,29H,2-3,12-13H2,1H3,(H,25,30). The Hall–Kier alpha value is -4.32. The zero-order valence-electron chi connectivity index (χ0n) is 19.3. The second-order valence-electron chi connectivity index (χ2n) is 8.12. The smallest absolute Gasteiger partial charge is 0.293 e. The number of benzene rings is 3. The number of hydrogen-bond acceptors (Lipinski definition) is 8. The lowest BCUT2D eigenvalue weighted by atomic mass is 10.1. The third kappa shape index (κ3) is 5.33. The van der Waals surface area contributed by atoms with Crippen molar-refractivity contribution in [3.05, 3.63) is 76.3 Å². The highest BCUT2D eigenvalue weighted by Crippen LogP contribution is 2.33. The summed E-state index contributed by atoms with van der Waals surface area (Å²) in [6.45, 7) is 1.40. The molecule has 1 aliphatic rings. The van der Waals surface area contributed by atoms with Gasteiger partial charge < -0.3 is 20.1 Å². The van der Waals surface area contributed by atoms with Gasteiger partial charge in [0.2, 0.25) is 0 Å². The molecule has 3 aromatic rings. The van der Waals surface area contributed by atoms with Gasteiger partial charge in [0.25, 0.3) is 21.6 Å². The van der Waals surface area contributed by atoms with E-state index in [1.54, 1.807) is 12.1 Å². The number of nitrogens with one attached hydrogen (secondary N) is 2. The molecule has 4 rings (SSSR count). The van der Waals surface area contributed by atoms with Crippen LogP contribution in [0.25, 0.3) is 0 Å². The first-order chi connectivity index (χ1) is 17.2. The van der Waals surface area contributed by atoms with Gasteiger partial charge in [-0.15, -0.1) is 0 Å². The molecular formula is C24H24N4O7S. The van der Waals surface area contributed by atoms with Gasteiger partial charge in [-0.05, 0) is 67.4 Å². The molecule has 1 heterocycles. The number of rotatable bonds is 8. The number of hydrogen-bond donors (Lipinski definition) is 3. The summed E-state index contributed by atoms with van der Waals surface area (Å²) in [5.74, 6) is -0.546. The van der Waals surface area contributed by atoms with Gasteiger partial charge in [0.1, 0.15) is 17.2 Å². The largest absolute Gasteiger partial charge is 0.506 e. The zero-order chi connectivity index (χ0) is 25.9. The number of ether oxygens (including phenoxy) is 1. The first kappa shape index (κ1) is 24.8. The summed E-state index contributed by atoms with van der Waals surface area (Å²) in [7, 11) is -2.56. The van der Waals surface area contributed by atoms with Crippen LogP contribution < -0.4 is 19.7 Å². The van der Waals surface area contributed by atoms with Gasteiger partial charge in [-0.1, -0.05) is 0 Å². The number of amides is 1. The van der Waals surface area contributed by atoms with Crippen molar-refractivity contribution in [1.29, 1.82) is 0 Å². The van der Waals surface area contributed by atoms with Gasteiger partial charge in [0.15, 0.2) is 0 Å². The number of nitro groups is 1. The molecule has 1 amide bonds. The molecule has 0 saturated carbocycles. The van der Waals surface area contributed by atoms with Crippen molar-refractivity contribution in [2.75, 3.05) is 35.1 Å². The number of carbonyl (C=O) groups is 1. The van der Waals surface area contributed by atoms with Gasteiger partial charge in [-0.25, -0.2) is 8.42 Å². The maximum absolute atomic E-state index is 12.9. The molecule has 0 bridgehead atoms. The van der Waals surface area contributed by atoms with E-state index in [4.69, 9.17) is 4.74 Å². The van der Waals surface area contributed by atoms with Crippen LogP contribution in [-0.2, 0) is 10.0 Å². The Morgan fingerprint density at radius 3 is 2.39 bits per heavy atom. The van der Waals surface area contributed by atoms with E-state index in [0.717, 1.165) is 25.0 Å². The summed E-state index contributed by atoms with van der Waals surface area (Å²) >= 11 is 0. The van der Waals surface area contributed by atoms with Gasteiger partial charge in [-0.3, -0.25) is 19.6 Å². The maximum Gasteiger partial charge on any atom is 0.293 e. The fourth-order valence-corrected chi connectivity index (χ4v) is 4.97. The highest BCUT2D eigenvalue weighted by molar-refractivity contribution is 7.92. The van der Waals surface area contributed by atoms with E-state index in [-0.39, 0.29) is 27.6 Å². The molecule has 3 N–H and O–H groups in total. The topological polar surface area (TPSA) is 151 Å². The van der Waals surface area contributed by atoms with Crippen LogP contribution in [0.4, 0.5) is 22.7 Å². The Balaban J connectivity index is 1.56. The van der Waals surface area contributed by atoms with Crippen molar-refractivity contribution in [2.45, 2.75) is 17.7 Å². The van der Waals surface area contributed by atoms with Gasteiger partial charge in [-0.2, -0.15) is 0 Å². The van der Waals surface area contributed by atoms with E-state index in [1.807, 2.05) is 4.90 Å². The van der Waals surface area contributed by atoms with Crippen molar-refractivity contribution in [2.24, 2.45) is 0 Å². The molecule has 0 unspecified atom stereocenters. The quantitative estimate of drug-likeness (QED) is 0.233. The van der Waals surface area contributed by atoms with Crippen LogP contribution in [0.2, 0.25) is 0 Å². The monoisotopic (exact) mass is 512 g/mol. The van der Waals surface area contributed by atoms with E-state index >= 15 is 0 Å². The minimum atomic E-state index is -4.05. The molecule has 0 spiro atoms. The van der Waals surface area contributed by atoms with Crippen LogP contribution in [0.1, 0.15) is 23.2 Å². The number of phenolic OH excluding ortho intramolecular Hbond substituents is 1. The fraction of sp³-hybridized carbons (Fsp3) is 0.208. The average molecular weight is 513 g/mol. The highest BCUT2D eigenvalue weighted by Gasteiger charge is 2.24. The molecule has 36 heavy (non-hydrogen) atoms. The number of nitro benzene ring substituents is 1. The average Bonchev–Trinajstić information content (AvgIpc) is 3.40. The molecule has 12 heteroatoms. The van der Waals surface area contributed by atoms with Gasteiger partial charge in [0, 0.05) is 30.4 Å². The first-order valence-corrected chi connectivity index (χ1v) is 12.5. The Kier molecular flexibility index (Phi) is 6.97. The summed E-state index contributed by atoms with van der Waals surface area (Å²) in [5, 5.41) is 24.3. The molecule has 0 aromatic heterocycles. The van der Waals surface area contributed by atoms with Crippen LogP contribution in [0.15, 0.2) is 65.6 Å². The fourth-order valence-electron chi connectivity index (χ4n) is 3.89. The number of phenols is 1. The van der Waals surface area contributed by atoms with Crippen molar-refractivity contribution >= 4 is 38.7 Å². The number of carbonyl (C=O) groups excluding carboxylic acids is 1. The normalized spacial score (nSPS) is 13.3. The second kappa shape index (κ2) is 10.1. The first-order valence-electron chi connectivity index (χ1n) is 11.0. The number of anilines is 3. The summed E-state index contributed by atoms with van der Waals surface area (Å²) in [6, 6.07) is 13.8. The predicted molar refractivity (Wildman–Crippen MR) is 134 cm³/mol. The lowest BCUT2D eigenvalue weighted by Crippen LogP contribution is -2.20. The van der Waals surface area contributed by atoms with E-state index in [2.05, 4.69) is 10.0 Å². The predicted octanol–water partition coefficient (Wildman–Crippen LogP) is 3.96. The molecule has 1 fully saturated rings. The molecule has 1 aliphatic heterocycles. The number of nitrogens with zero attached hydrogens (tertiary/aromatic N) is 2. The third-order valence-corrected chi connectivity index (χ3v) is 7.13. The lowest BCUT2D eigenvalue weighted by molar-refractivity contribution is -0.384. The van der Waals surface area contributed by atoms with E-state index in [0.29, 0.717) is 30.2 Å². The molecule has 0 aliphatic carbocycles. The van der Waals surface area contributed by atoms with Crippen molar-refractivity contribution in [3.63, 3.8) is 0 Å². The number of sulfonamides is 1. The third-order valence-electron chi connectivity index (χ3n) is 5.75. The molecule has 0 atom stereocenters. The van der Waals surface area contributed by atoms with E-state index in [1.165, 1.54) is 43.5 Å². The molecule has 3 aromatic carbocycles. The minimum Gasteiger partial charge on any atom is -0.506 e. The Morgan fingerprint density at radius 2 is 1.75 bits per heavy atom. The van der Waals surface area contributed by atoms with Crippen LogP contribution in [0.5, 0.6) is 11.5 Å². The van der Waals surface area contributed by atoms with Crippen LogP contribution >= 0.6 is 0 Å². The minimum absolute atomic E-state index is 0.00587. The molecular weight excluding hydrogens is 488 g/mol. The lowest BCUT2D eigenvalue weighted by Gasteiger charge is -2.18. The Morgan fingerprint density at radius 1 is 1.06 bits per heavy atom. The summed E-state index contributed by atoms with van der Waals surface area (Å²) in [4.78, 5) is 25.6. The van der Waals surface area contributed by atoms with Gasteiger partial charge >= 0.3 is 0 Å². The van der Waals surface area contributed by atoms with Crippen LogP contribution in [0.3, 0.4) is 0 Å². The van der Waals surface area contributed by atoms with E-state index < -0.39 is 20.9 Å². The van der Waals surface area contributed by atoms with Crippen LogP contribution in [0, 0.1) is 10.1 Å². The number of aromatic hydroxyl groups is 1. The SMILES string of the molecule is COc1ccc(NS(=O)(=O)c2ccc(O)c(NC(=O)c3ccc(N4CCCC4)c([N+](=O)[O-])c3)c2)cc1. The molecule has 188 valence electrons. The number of methoxy groups -OCH3 is 1. The van der Waals surface area contributed by atoms with Crippen molar-refractivity contribution in [1.82, 2.24) is 0 Å². The molecule has 1 saturated heterocycles. The Labute approximate surface area is 207 Å². The summed E-state index contributed by atoms with van der Waals surface area (Å²) in [5.41, 5.74) is 0.362. The molecule has 11 nitrogen and oxygen atoms in total. The highest BCUT2D eigenvalue weighted by atomic mass is 32.2. The van der Waals surface area contributed by atoms with Crippen molar-refractivity contribution in [3.8, 4) is 11.5 Å². The Bertz CT molecular complexity index is 1400. The van der Waals surface area contributed by atoms with Gasteiger partial charge in [0.05, 0.1) is 22.6 Å². The maximum atomic E-state index is 12.9. The van der Waals surface area contributed by atoms with Crippen LogP contribution in [-0.4, -0.2) is 44.6 Å². The zero-order valence-corrected chi connectivity index (χ0v) is 20.1.